The van der Waals surface area contributed by atoms with E-state index in [4.69, 9.17) is 0 Å². The summed E-state index contributed by atoms with van der Waals surface area (Å²) in [4.78, 5) is 0. The largest absolute Gasteiger partial charge is 0.206 e. The Morgan fingerprint density at radius 1 is 0.792 bits per heavy atom. The molecule has 0 fully saturated rings. The van der Waals surface area contributed by atoms with Crippen LogP contribution in [0.15, 0.2) is 24.3 Å². The lowest BCUT2D eigenvalue weighted by atomic mass is 10.0. The van der Waals surface area contributed by atoms with Gasteiger partial charge in [-0.25, -0.2) is 26.3 Å². The lowest BCUT2D eigenvalue weighted by molar-refractivity contribution is 0.381. The summed E-state index contributed by atoms with van der Waals surface area (Å²) in [5.41, 5.74) is -1.96. The molecule has 0 aliphatic heterocycles. The molecule has 0 heterocycles. The topological polar surface area (TPSA) is 0 Å². The number of benzene rings is 2. The summed E-state index contributed by atoms with van der Waals surface area (Å²) < 4.78 is 78.8. The molecule has 0 nitrogen and oxygen atoms in total. The van der Waals surface area contributed by atoms with Gasteiger partial charge in [-0.3, -0.25) is 0 Å². The highest BCUT2D eigenvalue weighted by Gasteiger charge is 2.27. The maximum Gasteiger partial charge on any atom is 0.200 e. The molecular formula is C17H17F6P. The van der Waals surface area contributed by atoms with Crippen molar-refractivity contribution in [2.75, 3.05) is 12.8 Å². The molecule has 2 aromatic rings. The second-order valence-corrected chi connectivity index (χ2v) is 6.09. The summed E-state index contributed by atoms with van der Waals surface area (Å²) in [6.07, 6.45) is 4.23. The van der Waals surface area contributed by atoms with Gasteiger partial charge in [0, 0.05) is 5.56 Å². The number of halogens is 6. The van der Waals surface area contributed by atoms with Crippen molar-refractivity contribution in [3.05, 3.63) is 59.2 Å². The van der Waals surface area contributed by atoms with E-state index in [9.17, 15) is 26.3 Å². The molecule has 0 bridgehead atoms. The van der Waals surface area contributed by atoms with Gasteiger partial charge >= 0.3 is 0 Å². The smallest absolute Gasteiger partial charge is 0.200 e. The molecule has 0 saturated carbocycles. The standard InChI is InChI=1S/C12H4F6.C5H13P/c13-6-4-2-1-3-5(6)7-8(14)10(16)12(18)11(17)9(7)15;1-3-4-5-6-2/h1-4H;6H,3-5H2,1-2H3. The average molecular weight is 366 g/mol. The molecule has 132 valence electrons. The van der Waals surface area contributed by atoms with Crippen LogP contribution in [0.25, 0.3) is 11.1 Å². The molecule has 0 aromatic heterocycles. The van der Waals surface area contributed by atoms with Crippen LogP contribution < -0.4 is 0 Å². The lowest BCUT2D eigenvalue weighted by Gasteiger charge is -2.08. The zero-order valence-electron chi connectivity index (χ0n) is 13.2. The first kappa shape index (κ1) is 20.5. The molecule has 0 N–H and O–H groups in total. The monoisotopic (exact) mass is 366 g/mol. The Bertz CT molecular complexity index is 654. The fraction of sp³-hybridized carbons (Fsp3) is 0.294. The predicted octanol–water partition coefficient (Wildman–Crippen LogP) is 6.28. The second kappa shape index (κ2) is 9.67. The molecular weight excluding hydrogens is 349 g/mol. The van der Waals surface area contributed by atoms with E-state index in [0.29, 0.717) is 0 Å². The summed E-state index contributed by atoms with van der Waals surface area (Å²) >= 11 is 0. The van der Waals surface area contributed by atoms with Crippen molar-refractivity contribution < 1.29 is 26.3 Å². The van der Waals surface area contributed by atoms with Crippen LogP contribution in [-0.2, 0) is 0 Å². The highest BCUT2D eigenvalue weighted by Crippen LogP contribution is 2.32. The van der Waals surface area contributed by atoms with Crippen molar-refractivity contribution in [1.82, 2.24) is 0 Å². The first-order valence-corrected chi connectivity index (χ1v) is 8.98. The van der Waals surface area contributed by atoms with Crippen LogP contribution in [0.3, 0.4) is 0 Å². The van der Waals surface area contributed by atoms with Crippen LogP contribution >= 0.6 is 8.58 Å². The molecule has 0 amide bonds. The second-order valence-electron chi connectivity index (χ2n) is 4.88. The number of rotatable bonds is 4. The molecule has 0 radical (unpaired) electrons. The predicted molar refractivity (Wildman–Crippen MR) is 85.6 cm³/mol. The lowest BCUT2D eigenvalue weighted by Crippen LogP contribution is -2.04. The van der Waals surface area contributed by atoms with Crippen LogP contribution in [0.5, 0.6) is 0 Å². The van der Waals surface area contributed by atoms with E-state index < -0.39 is 46.0 Å². The zero-order valence-corrected chi connectivity index (χ0v) is 14.2. The molecule has 0 spiro atoms. The molecule has 0 aliphatic rings. The molecule has 2 rings (SSSR count). The van der Waals surface area contributed by atoms with E-state index in [-0.39, 0.29) is 0 Å². The van der Waals surface area contributed by atoms with E-state index in [1.54, 1.807) is 0 Å². The van der Waals surface area contributed by atoms with Gasteiger partial charge in [0.1, 0.15) is 5.82 Å². The van der Waals surface area contributed by atoms with Crippen LogP contribution in [-0.4, -0.2) is 12.8 Å². The summed E-state index contributed by atoms with van der Waals surface area (Å²) in [6.45, 7) is 4.50. The average Bonchev–Trinajstić information content (AvgIpc) is 2.59. The van der Waals surface area contributed by atoms with Crippen molar-refractivity contribution in [3.63, 3.8) is 0 Å². The van der Waals surface area contributed by atoms with Crippen LogP contribution in [0.2, 0.25) is 0 Å². The Labute approximate surface area is 138 Å². The minimum Gasteiger partial charge on any atom is -0.206 e. The van der Waals surface area contributed by atoms with Gasteiger partial charge in [-0.05, 0) is 25.3 Å². The van der Waals surface area contributed by atoms with Gasteiger partial charge in [0.25, 0.3) is 0 Å². The Morgan fingerprint density at radius 3 is 1.71 bits per heavy atom. The zero-order chi connectivity index (χ0) is 18.3. The summed E-state index contributed by atoms with van der Waals surface area (Å²) in [7, 11) is 1.16. The Balaban J connectivity index is 0.000000413. The highest BCUT2D eigenvalue weighted by atomic mass is 31.1. The van der Waals surface area contributed by atoms with Crippen molar-refractivity contribution in [1.29, 1.82) is 0 Å². The van der Waals surface area contributed by atoms with Crippen LogP contribution in [0.4, 0.5) is 26.3 Å². The van der Waals surface area contributed by atoms with Gasteiger partial charge < -0.3 is 0 Å². The van der Waals surface area contributed by atoms with Gasteiger partial charge in [-0.15, -0.1) is 8.58 Å². The van der Waals surface area contributed by atoms with Gasteiger partial charge in [0.05, 0.1) is 5.56 Å². The quantitative estimate of drug-likeness (QED) is 0.196. The Morgan fingerprint density at radius 2 is 1.29 bits per heavy atom. The number of hydrogen-bond acceptors (Lipinski definition) is 0. The highest BCUT2D eigenvalue weighted by molar-refractivity contribution is 7.36. The molecule has 24 heavy (non-hydrogen) atoms. The van der Waals surface area contributed by atoms with Gasteiger partial charge in [0.15, 0.2) is 23.3 Å². The summed E-state index contributed by atoms with van der Waals surface area (Å²) in [5.74, 6) is -11.7. The third-order valence-corrected chi connectivity index (χ3v) is 3.99. The van der Waals surface area contributed by atoms with Crippen molar-refractivity contribution in [3.8, 4) is 11.1 Å². The van der Waals surface area contributed by atoms with E-state index >= 15 is 0 Å². The first-order valence-electron chi connectivity index (χ1n) is 7.27. The fourth-order valence-corrected chi connectivity index (χ4v) is 2.57. The number of hydrogen-bond donors (Lipinski definition) is 0. The minimum absolute atomic E-state index is 0.690. The van der Waals surface area contributed by atoms with Crippen molar-refractivity contribution in [2.45, 2.75) is 19.8 Å². The number of unbranched alkanes of at least 4 members (excludes halogenated alkanes) is 1. The normalized spacial score (nSPS) is 10.8. The van der Waals surface area contributed by atoms with Gasteiger partial charge in [-0.1, -0.05) is 31.5 Å². The molecule has 1 unspecified atom stereocenters. The maximum absolute atomic E-state index is 13.4. The molecule has 7 heteroatoms. The van der Waals surface area contributed by atoms with E-state index in [1.165, 1.54) is 31.1 Å². The van der Waals surface area contributed by atoms with E-state index in [2.05, 4.69) is 13.6 Å². The fourth-order valence-electron chi connectivity index (χ4n) is 1.86. The first-order chi connectivity index (χ1) is 11.4. The van der Waals surface area contributed by atoms with Crippen LogP contribution in [0.1, 0.15) is 19.8 Å². The molecule has 0 saturated heterocycles. The Kier molecular flexibility index (Phi) is 8.26. The summed E-state index contributed by atoms with van der Waals surface area (Å²) in [6, 6.07) is 4.22. The van der Waals surface area contributed by atoms with Gasteiger partial charge in [0.2, 0.25) is 5.82 Å². The SMILES string of the molecule is CCCCPC.Fc1ccccc1-c1c(F)c(F)c(F)c(F)c1F. The van der Waals surface area contributed by atoms with Crippen molar-refractivity contribution >= 4 is 8.58 Å². The Hall–Kier alpha value is -1.55. The third kappa shape index (κ3) is 4.73. The van der Waals surface area contributed by atoms with E-state index in [1.807, 2.05) is 0 Å². The molecule has 2 aromatic carbocycles. The third-order valence-electron chi connectivity index (χ3n) is 3.13. The molecule has 0 aliphatic carbocycles. The van der Waals surface area contributed by atoms with Gasteiger partial charge in [-0.2, -0.15) is 0 Å². The minimum atomic E-state index is -2.27. The molecule has 1 atom stereocenters. The summed E-state index contributed by atoms with van der Waals surface area (Å²) in [5, 5.41) is 0. The van der Waals surface area contributed by atoms with Crippen LogP contribution in [0, 0.1) is 34.9 Å². The maximum atomic E-state index is 13.4. The van der Waals surface area contributed by atoms with Crippen molar-refractivity contribution in [2.24, 2.45) is 0 Å². The van der Waals surface area contributed by atoms with E-state index in [0.717, 1.165) is 20.7 Å².